The first-order valence-corrected chi connectivity index (χ1v) is 8.63. The quantitative estimate of drug-likeness (QED) is 0.802. The number of anilines is 1. The Hall–Kier alpha value is -1.01. The van der Waals surface area contributed by atoms with Gasteiger partial charge in [-0.05, 0) is 36.5 Å². The molecule has 2 fully saturated rings. The van der Waals surface area contributed by atoms with E-state index in [4.69, 9.17) is 10.5 Å². The van der Waals surface area contributed by atoms with Crippen molar-refractivity contribution in [1.82, 2.24) is 9.80 Å². The van der Waals surface area contributed by atoms with E-state index >= 15 is 0 Å². The van der Waals surface area contributed by atoms with Crippen molar-refractivity contribution >= 4 is 36.4 Å². The lowest BCUT2D eigenvalue weighted by Crippen LogP contribution is -2.44. The SMILES string of the molecule is Cl.Cl.Nc1ccc(CC(=O)N2CCC(CN3CCOCC3)CC2)cc1. The highest BCUT2D eigenvalue weighted by Crippen LogP contribution is 2.20. The number of nitrogens with zero attached hydrogens (tertiary/aromatic N) is 2. The molecular formula is C18H29Cl2N3O2. The van der Waals surface area contributed by atoms with Gasteiger partial charge in [0.15, 0.2) is 0 Å². The number of piperidine rings is 1. The molecule has 1 amide bonds. The molecule has 0 unspecified atom stereocenters. The summed E-state index contributed by atoms with van der Waals surface area (Å²) in [7, 11) is 0. The molecule has 5 nitrogen and oxygen atoms in total. The Labute approximate surface area is 162 Å². The van der Waals surface area contributed by atoms with Crippen molar-refractivity contribution in [1.29, 1.82) is 0 Å². The second-order valence-corrected chi connectivity index (χ2v) is 6.66. The van der Waals surface area contributed by atoms with Crippen molar-refractivity contribution in [3.05, 3.63) is 29.8 Å². The van der Waals surface area contributed by atoms with Gasteiger partial charge in [0.1, 0.15) is 0 Å². The van der Waals surface area contributed by atoms with E-state index < -0.39 is 0 Å². The van der Waals surface area contributed by atoms with Gasteiger partial charge in [-0.1, -0.05) is 12.1 Å². The molecule has 2 heterocycles. The number of nitrogens with two attached hydrogens (primary N) is 1. The van der Waals surface area contributed by atoms with E-state index in [2.05, 4.69) is 4.90 Å². The first-order chi connectivity index (χ1) is 11.2. The average molecular weight is 390 g/mol. The van der Waals surface area contributed by atoms with Crippen LogP contribution >= 0.6 is 24.8 Å². The highest BCUT2D eigenvalue weighted by Gasteiger charge is 2.24. The molecule has 1 aromatic rings. The maximum Gasteiger partial charge on any atom is 0.226 e. The molecule has 25 heavy (non-hydrogen) atoms. The number of benzene rings is 1. The Bertz CT molecular complexity index is 514. The fraction of sp³-hybridized carbons (Fsp3) is 0.611. The summed E-state index contributed by atoms with van der Waals surface area (Å²) in [5, 5.41) is 0. The number of carbonyl (C=O) groups excluding carboxylic acids is 1. The van der Waals surface area contributed by atoms with Crippen LogP contribution in [-0.4, -0.2) is 61.6 Å². The molecule has 0 aromatic heterocycles. The largest absolute Gasteiger partial charge is 0.399 e. The zero-order valence-electron chi connectivity index (χ0n) is 14.6. The molecule has 0 aliphatic carbocycles. The monoisotopic (exact) mass is 389 g/mol. The van der Waals surface area contributed by atoms with Crippen LogP contribution in [0.15, 0.2) is 24.3 Å². The molecular weight excluding hydrogens is 361 g/mol. The van der Waals surface area contributed by atoms with Crippen LogP contribution in [0.2, 0.25) is 0 Å². The smallest absolute Gasteiger partial charge is 0.226 e. The molecule has 0 spiro atoms. The normalized spacial score (nSPS) is 19.0. The second-order valence-electron chi connectivity index (χ2n) is 6.66. The van der Waals surface area contributed by atoms with Crippen molar-refractivity contribution in [2.24, 2.45) is 5.92 Å². The molecule has 3 rings (SSSR count). The number of hydrogen-bond donors (Lipinski definition) is 1. The molecule has 2 aliphatic heterocycles. The van der Waals surface area contributed by atoms with Gasteiger partial charge in [0.25, 0.3) is 0 Å². The zero-order chi connectivity index (χ0) is 16.1. The average Bonchev–Trinajstić information content (AvgIpc) is 2.58. The molecule has 0 bridgehead atoms. The van der Waals surface area contributed by atoms with Crippen LogP contribution in [0.25, 0.3) is 0 Å². The zero-order valence-corrected chi connectivity index (χ0v) is 16.2. The third kappa shape index (κ3) is 6.66. The van der Waals surface area contributed by atoms with Gasteiger partial charge in [-0.15, -0.1) is 24.8 Å². The highest BCUT2D eigenvalue weighted by atomic mass is 35.5. The fourth-order valence-corrected chi connectivity index (χ4v) is 3.44. The lowest BCUT2D eigenvalue weighted by atomic mass is 9.95. The number of amides is 1. The first kappa shape index (κ1) is 22.0. The van der Waals surface area contributed by atoms with Crippen molar-refractivity contribution in [2.45, 2.75) is 19.3 Å². The summed E-state index contributed by atoms with van der Waals surface area (Å²) in [6.07, 6.45) is 2.71. The van der Waals surface area contributed by atoms with Gasteiger partial charge in [-0.3, -0.25) is 9.69 Å². The minimum Gasteiger partial charge on any atom is -0.399 e. The van der Waals surface area contributed by atoms with Gasteiger partial charge >= 0.3 is 0 Å². The molecule has 2 saturated heterocycles. The maximum absolute atomic E-state index is 12.4. The lowest BCUT2D eigenvalue weighted by Gasteiger charge is -2.36. The Morgan fingerprint density at radius 2 is 1.64 bits per heavy atom. The van der Waals surface area contributed by atoms with E-state index in [-0.39, 0.29) is 30.7 Å². The van der Waals surface area contributed by atoms with Crippen LogP contribution < -0.4 is 5.73 Å². The van der Waals surface area contributed by atoms with Crippen LogP contribution in [0.4, 0.5) is 5.69 Å². The van der Waals surface area contributed by atoms with Gasteiger partial charge < -0.3 is 15.4 Å². The molecule has 0 saturated carbocycles. The Morgan fingerprint density at radius 1 is 1.04 bits per heavy atom. The van der Waals surface area contributed by atoms with Crippen molar-refractivity contribution in [2.75, 3.05) is 51.7 Å². The highest BCUT2D eigenvalue weighted by molar-refractivity contribution is 5.85. The molecule has 2 N–H and O–H groups in total. The third-order valence-corrected chi connectivity index (χ3v) is 4.92. The van der Waals surface area contributed by atoms with Crippen LogP contribution in [-0.2, 0) is 16.0 Å². The number of nitrogen functional groups attached to an aromatic ring is 1. The van der Waals surface area contributed by atoms with E-state index in [0.29, 0.717) is 12.3 Å². The van der Waals surface area contributed by atoms with Crippen molar-refractivity contribution < 1.29 is 9.53 Å². The van der Waals surface area contributed by atoms with E-state index in [1.54, 1.807) is 0 Å². The minimum atomic E-state index is 0. The van der Waals surface area contributed by atoms with Gasteiger partial charge in [-0.2, -0.15) is 0 Å². The maximum atomic E-state index is 12.4. The molecule has 1 aromatic carbocycles. The summed E-state index contributed by atoms with van der Waals surface area (Å²) >= 11 is 0. The number of hydrogen-bond acceptors (Lipinski definition) is 4. The van der Waals surface area contributed by atoms with Gasteiger partial charge in [0.2, 0.25) is 5.91 Å². The molecule has 0 radical (unpaired) electrons. The second kappa shape index (κ2) is 10.9. The number of halogens is 2. The Kier molecular flexibility index (Phi) is 9.57. The summed E-state index contributed by atoms with van der Waals surface area (Å²) in [5.74, 6) is 0.952. The topological polar surface area (TPSA) is 58.8 Å². The summed E-state index contributed by atoms with van der Waals surface area (Å²) < 4.78 is 5.40. The predicted molar refractivity (Wildman–Crippen MR) is 106 cm³/mol. The summed E-state index contributed by atoms with van der Waals surface area (Å²) in [6, 6.07) is 7.60. The van der Waals surface area contributed by atoms with Crippen LogP contribution in [0.1, 0.15) is 18.4 Å². The molecule has 142 valence electrons. The first-order valence-electron chi connectivity index (χ1n) is 8.63. The van der Waals surface area contributed by atoms with E-state index in [0.717, 1.165) is 70.0 Å². The molecule has 2 aliphatic rings. The minimum absolute atomic E-state index is 0. The number of morpholine rings is 1. The van der Waals surface area contributed by atoms with E-state index in [1.165, 1.54) is 0 Å². The summed E-state index contributed by atoms with van der Waals surface area (Å²) in [5.41, 5.74) is 7.47. The van der Waals surface area contributed by atoms with Gasteiger partial charge in [-0.25, -0.2) is 0 Å². The Balaban J connectivity index is 0.00000156. The fourth-order valence-electron chi connectivity index (χ4n) is 3.44. The van der Waals surface area contributed by atoms with Crippen LogP contribution in [0.3, 0.4) is 0 Å². The van der Waals surface area contributed by atoms with E-state index in [1.807, 2.05) is 29.2 Å². The predicted octanol–water partition coefficient (Wildman–Crippen LogP) is 2.23. The van der Waals surface area contributed by atoms with Crippen LogP contribution in [0, 0.1) is 5.92 Å². The Morgan fingerprint density at radius 3 is 2.24 bits per heavy atom. The molecule has 7 heteroatoms. The lowest BCUT2D eigenvalue weighted by molar-refractivity contribution is -0.132. The van der Waals surface area contributed by atoms with E-state index in [9.17, 15) is 4.79 Å². The third-order valence-electron chi connectivity index (χ3n) is 4.92. The molecule has 0 atom stereocenters. The summed E-state index contributed by atoms with van der Waals surface area (Å²) in [4.78, 5) is 16.9. The standard InChI is InChI=1S/C18H27N3O2.2ClH/c19-17-3-1-15(2-4-17)13-18(22)21-7-5-16(6-8-21)14-20-9-11-23-12-10-20;;/h1-4,16H,5-14,19H2;2*1H. The van der Waals surface area contributed by atoms with Gasteiger partial charge in [0.05, 0.1) is 19.6 Å². The summed E-state index contributed by atoms with van der Waals surface area (Å²) in [6.45, 7) is 6.76. The number of carbonyl (C=O) groups is 1. The van der Waals surface area contributed by atoms with Gasteiger partial charge in [0, 0.05) is 38.4 Å². The number of likely N-dealkylation sites (tertiary alicyclic amines) is 1. The van der Waals surface area contributed by atoms with Crippen molar-refractivity contribution in [3.63, 3.8) is 0 Å². The van der Waals surface area contributed by atoms with Crippen LogP contribution in [0.5, 0.6) is 0 Å². The number of rotatable bonds is 4. The van der Waals surface area contributed by atoms with Crippen molar-refractivity contribution in [3.8, 4) is 0 Å². The number of ether oxygens (including phenoxy) is 1.